The second kappa shape index (κ2) is 8.91. The molecule has 120 valence electrons. The van der Waals surface area contributed by atoms with Crippen LogP contribution in [0, 0.1) is 5.92 Å². The van der Waals surface area contributed by atoms with Crippen molar-refractivity contribution in [3.63, 3.8) is 0 Å². The summed E-state index contributed by atoms with van der Waals surface area (Å²) in [6.45, 7) is 5.97. The Morgan fingerprint density at radius 3 is 2.30 bits per heavy atom. The van der Waals surface area contributed by atoms with Gasteiger partial charge >= 0.3 is 0 Å². The van der Waals surface area contributed by atoms with Crippen LogP contribution >= 0.6 is 0 Å². The number of nitrogens with one attached hydrogen (secondary N) is 2. The maximum absolute atomic E-state index is 12.1. The van der Waals surface area contributed by atoms with E-state index in [1.807, 2.05) is 42.5 Å². The summed E-state index contributed by atoms with van der Waals surface area (Å²) in [5, 5.41) is 0. The first-order chi connectivity index (χ1) is 11.2. The number of carbonyl (C=O) groups is 1. The molecule has 23 heavy (non-hydrogen) atoms. The average Bonchev–Trinajstić information content (AvgIpc) is 2.62. The summed E-state index contributed by atoms with van der Waals surface area (Å²) in [5.41, 5.74) is 7.92. The van der Waals surface area contributed by atoms with Gasteiger partial charge in [-0.05, 0) is 36.5 Å². The normalized spacial score (nSPS) is 13.1. The summed E-state index contributed by atoms with van der Waals surface area (Å²) in [6.07, 6.45) is 3.79. The molecule has 2 N–H and O–H groups in total. The molecule has 0 aliphatic rings. The summed E-state index contributed by atoms with van der Waals surface area (Å²) in [5.74, 6) is 0.140. The Morgan fingerprint density at radius 2 is 1.70 bits per heavy atom. The number of hydrogen-bond donors (Lipinski definition) is 2. The number of hydrazine groups is 1. The Bertz CT molecular complexity index is 610. The van der Waals surface area contributed by atoms with E-state index in [2.05, 4.69) is 36.5 Å². The molecule has 3 heteroatoms. The third kappa shape index (κ3) is 5.38. The second-order valence-electron chi connectivity index (χ2n) is 5.69. The number of benzene rings is 2. The lowest BCUT2D eigenvalue weighted by Gasteiger charge is -2.23. The summed E-state index contributed by atoms with van der Waals surface area (Å²) in [6, 6.07) is 19.7. The van der Waals surface area contributed by atoms with Crippen LogP contribution in [0.15, 0.2) is 73.3 Å². The molecule has 0 unspecified atom stereocenters. The van der Waals surface area contributed by atoms with Crippen molar-refractivity contribution in [3.8, 4) is 0 Å². The van der Waals surface area contributed by atoms with Gasteiger partial charge in [0.05, 0.1) is 0 Å². The quantitative estimate of drug-likeness (QED) is 0.576. The van der Waals surface area contributed by atoms with Crippen LogP contribution in [0.3, 0.4) is 0 Å². The average molecular weight is 308 g/mol. The van der Waals surface area contributed by atoms with Crippen molar-refractivity contribution in [3.05, 3.63) is 84.4 Å². The number of amides is 1. The number of hydrogen-bond acceptors (Lipinski definition) is 2. The maximum Gasteiger partial charge on any atom is 0.265 e. The van der Waals surface area contributed by atoms with Gasteiger partial charge in [0.2, 0.25) is 0 Å². The molecule has 0 fully saturated rings. The van der Waals surface area contributed by atoms with Crippen LogP contribution in [-0.4, -0.2) is 11.9 Å². The first kappa shape index (κ1) is 17.0. The second-order valence-corrected chi connectivity index (χ2v) is 5.69. The summed E-state index contributed by atoms with van der Waals surface area (Å²) in [4.78, 5) is 12.1. The van der Waals surface area contributed by atoms with Gasteiger partial charge in [-0.3, -0.25) is 10.2 Å². The standard InChI is InChI=1S/C20H24N2O/c1-3-16(2)19(15-14-17-10-6-4-7-11-17)21-22-20(23)18-12-8-5-9-13-18/h3-13,16,19,21H,1,14-15H2,2H3,(H,22,23)/t16-,19+/m1/s1. The lowest BCUT2D eigenvalue weighted by Crippen LogP contribution is -2.47. The predicted molar refractivity (Wildman–Crippen MR) is 95.0 cm³/mol. The fraction of sp³-hybridized carbons (Fsp3) is 0.250. The molecule has 0 aromatic heterocycles. The Morgan fingerprint density at radius 1 is 1.09 bits per heavy atom. The predicted octanol–water partition coefficient (Wildman–Crippen LogP) is 3.74. The molecule has 0 saturated heterocycles. The van der Waals surface area contributed by atoms with Gasteiger partial charge in [0.15, 0.2) is 0 Å². The molecule has 2 atom stereocenters. The Hall–Kier alpha value is -2.39. The zero-order valence-electron chi connectivity index (χ0n) is 13.5. The van der Waals surface area contributed by atoms with Crippen molar-refractivity contribution in [2.75, 3.05) is 0 Å². The molecule has 0 spiro atoms. The van der Waals surface area contributed by atoms with Crippen molar-refractivity contribution in [1.82, 2.24) is 10.9 Å². The Balaban J connectivity index is 1.91. The highest BCUT2D eigenvalue weighted by molar-refractivity contribution is 5.93. The summed E-state index contributed by atoms with van der Waals surface area (Å²) >= 11 is 0. The molecule has 0 heterocycles. The van der Waals surface area contributed by atoms with Gasteiger partial charge in [-0.2, -0.15) is 0 Å². The summed E-state index contributed by atoms with van der Waals surface area (Å²) in [7, 11) is 0. The minimum Gasteiger partial charge on any atom is -0.287 e. The number of rotatable bonds is 8. The van der Waals surface area contributed by atoms with E-state index in [0.29, 0.717) is 5.56 Å². The SMILES string of the molecule is C=C[C@@H](C)[C@H](CCc1ccccc1)NNC(=O)c1ccccc1. The lowest BCUT2D eigenvalue weighted by molar-refractivity contribution is 0.0919. The molecular weight excluding hydrogens is 284 g/mol. The fourth-order valence-electron chi connectivity index (χ4n) is 2.42. The van der Waals surface area contributed by atoms with E-state index in [9.17, 15) is 4.79 Å². The molecule has 2 rings (SSSR count). The van der Waals surface area contributed by atoms with Crippen LogP contribution in [-0.2, 0) is 6.42 Å². The van der Waals surface area contributed by atoms with Crippen molar-refractivity contribution in [2.45, 2.75) is 25.8 Å². The van der Waals surface area contributed by atoms with Crippen molar-refractivity contribution in [1.29, 1.82) is 0 Å². The molecule has 0 aliphatic heterocycles. The van der Waals surface area contributed by atoms with Gasteiger partial charge in [-0.1, -0.05) is 61.5 Å². The first-order valence-corrected chi connectivity index (χ1v) is 7.98. The van der Waals surface area contributed by atoms with Crippen molar-refractivity contribution in [2.24, 2.45) is 5.92 Å². The molecule has 3 nitrogen and oxygen atoms in total. The van der Waals surface area contributed by atoms with Crippen LogP contribution in [0.2, 0.25) is 0 Å². The molecule has 2 aromatic rings. The van der Waals surface area contributed by atoms with Crippen LogP contribution in [0.25, 0.3) is 0 Å². The highest BCUT2D eigenvalue weighted by Crippen LogP contribution is 2.12. The van der Waals surface area contributed by atoms with E-state index in [1.165, 1.54) is 5.56 Å². The van der Waals surface area contributed by atoms with E-state index in [4.69, 9.17) is 0 Å². The lowest BCUT2D eigenvalue weighted by atomic mass is 9.96. The third-order valence-corrected chi connectivity index (χ3v) is 4.00. The van der Waals surface area contributed by atoms with Crippen LogP contribution in [0.5, 0.6) is 0 Å². The van der Waals surface area contributed by atoms with Gasteiger partial charge in [0.25, 0.3) is 5.91 Å². The van der Waals surface area contributed by atoms with Gasteiger partial charge in [0.1, 0.15) is 0 Å². The number of aryl methyl sites for hydroxylation is 1. The topological polar surface area (TPSA) is 41.1 Å². The summed E-state index contributed by atoms with van der Waals surface area (Å²) < 4.78 is 0. The monoisotopic (exact) mass is 308 g/mol. The molecule has 0 radical (unpaired) electrons. The van der Waals surface area contributed by atoms with E-state index >= 15 is 0 Å². The van der Waals surface area contributed by atoms with Gasteiger partial charge in [0, 0.05) is 11.6 Å². The van der Waals surface area contributed by atoms with E-state index in [-0.39, 0.29) is 17.9 Å². The van der Waals surface area contributed by atoms with Crippen LogP contribution in [0.4, 0.5) is 0 Å². The molecule has 2 aromatic carbocycles. The molecule has 1 amide bonds. The molecular formula is C20H24N2O. The smallest absolute Gasteiger partial charge is 0.265 e. The zero-order chi connectivity index (χ0) is 16.5. The Labute approximate surface area is 138 Å². The van der Waals surface area contributed by atoms with E-state index in [1.54, 1.807) is 12.1 Å². The first-order valence-electron chi connectivity index (χ1n) is 7.98. The van der Waals surface area contributed by atoms with Crippen LogP contribution in [0.1, 0.15) is 29.3 Å². The van der Waals surface area contributed by atoms with E-state index in [0.717, 1.165) is 12.8 Å². The highest BCUT2D eigenvalue weighted by Gasteiger charge is 2.15. The van der Waals surface area contributed by atoms with Crippen molar-refractivity contribution >= 4 is 5.91 Å². The zero-order valence-corrected chi connectivity index (χ0v) is 13.5. The molecule has 0 bridgehead atoms. The molecule has 0 aliphatic carbocycles. The minimum atomic E-state index is -0.119. The third-order valence-electron chi connectivity index (χ3n) is 4.00. The maximum atomic E-state index is 12.1. The van der Waals surface area contributed by atoms with Gasteiger partial charge < -0.3 is 0 Å². The van der Waals surface area contributed by atoms with Gasteiger partial charge in [-0.25, -0.2) is 5.43 Å². The Kier molecular flexibility index (Phi) is 6.57. The van der Waals surface area contributed by atoms with Crippen LogP contribution < -0.4 is 10.9 Å². The number of carbonyl (C=O) groups excluding carboxylic acids is 1. The van der Waals surface area contributed by atoms with E-state index < -0.39 is 0 Å². The van der Waals surface area contributed by atoms with Crippen molar-refractivity contribution < 1.29 is 4.79 Å². The molecule has 0 saturated carbocycles. The highest BCUT2D eigenvalue weighted by atomic mass is 16.2. The minimum absolute atomic E-state index is 0.119. The fourth-order valence-corrected chi connectivity index (χ4v) is 2.42. The largest absolute Gasteiger partial charge is 0.287 e. The van der Waals surface area contributed by atoms with Gasteiger partial charge in [-0.15, -0.1) is 6.58 Å².